The first kappa shape index (κ1) is 25.2. The van der Waals surface area contributed by atoms with Crippen molar-refractivity contribution in [2.45, 2.75) is 26.3 Å². The van der Waals surface area contributed by atoms with Crippen LogP contribution in [0.4, 0.5) is 20.0 Å². The van der Waals surface area contributed by atoms with E-state index < -0.39 is 6.09 Å². The van der Waals surface area contributed by atoms with Crippen LogP contribution >= 0.6 is 11.3 Å². The van der Waals surface area contributed by atoms with E-state index in [0.29, 0.717) is 23.4 Å². The van der Waals surface area contributed by atoms with Gasteiger partial charge in [-0.25, -0.2) is 14.2 Å². The molecule has 1 aliphatic rings. The third kappa shape index (κ3) is 6.09. The number of carbonyl (C=O) groups excluding carboxylic acids is 1. The number of thiazole rings is 1. The zero-order valence-corrected chi connectivity index (χ0v) is 22.1. The van der Waals surface area contributed by atoms with Gasteiger partial charge in [0.2, 0.25) is 0 Å². The van der Waals surface area contributed by atoms with Crippen LogP contribution in [0.25, 0.3) is 21.3 Å². The van der Waals surface area contributed by atoms with Crippen molar-refractivity contribution in [2.24, 2.45) is 5.92 Å². The SMILES string of the molecule is CC(C)N1CCC(CN(C)c2nc3ccc(NC(=O)Oc4ccc(-c5ccc(F)cc5)cc4)cc3s2)C1. The first-order chi connectivity index (χ1) is 17.8. The summed E-state index contributed by atoms with van der Waals surface area (Å²) in [6.07, 6.45) is 0.658. The van der Waals surface area contributed by atoms with E-state index >= 15 is 0 Å². The number of halogens is 1. The minimum atomic E-state index is -0.563. The highest BCUT2D eigenvalue weighted by molar-refractivity contribution is 7.22. The van der Waals surface area contributed by atoms with E-state index in [1.807, 2.05) is 30.3 Å². The Bertz CT molecular complexity index is 1370. The Hall–Kier alpha value is -3.49. The summed E-state index contributed by atoms with van der Waals surface area (Å²) >= 11 is 1.63. The molecule has 1 N–H and O–H groups in total. The number of fused-ring (bicyclic) bond motifs is 1. The van der Waals surface area contributed by atoms with E-state index in [9.17, 15) is 9.18 Å². The molecule has 1 aromatic heterocycles. The lowest BCUT2D eigenvalue weighted by Gasteiger charge is -2.23. The average Bonchev–Trinajstić information content (AvgIpc) is 3.52. The number of amides is 1. The van der Waals surface area contributed by atoms with Crippen molar-refractivity contribution in [1.82, 2.24) is 9.88 Å². The Morgan fingerprint density at radius 2 is 1.84 bits per heavy atom. The molecular weight excluding hydrogens is 487 g/mol. The van der Waals surface area contributed by atoms with Crippen molar-refractivity contribution in [3.8, 4) is 16.9 Å². The van der Waals surface area contributed by atoms with Crippen molar-refractivity contribution in [2.75, 3.05) is 36.9 Å². The van der Waals surface area contributed by atoms with Gasteiger partial charge in [0.1, 0.15) is 11.6 Å². The third-order valence-electron chi connectivity index (χ3n) is 6.77. The van der Waals surface area contributed by atoms with Crippen LogP contribution in [0.2, 0.25) is 0 Å². The molecular formula is C29H31FN4O2S. The number of anilines is 2. The van der Waals surface area contributed by atoms with Crippen LogP contribution in [0, 0.1) is 11.7 Å². The minimum Gasteiger partial charge on any atom is -0.410 e. The molecule has 1 aliphatic heterocycles. The molecule has 1 saturated heterocycles. The molecule has 1 amide bonds. The van der Waals surface area contributed by atoms with Crippen LogP contribution < -0.4 is 15.0 Å². The van der Waals surface area contributed by atoms with Gasteiger partial charge in [0.05, 0.1) is 10.2 Å². The molecule has 8 heteroatoms. The van der Waals surface area contributed by atoms with Crippen LogP contribution in [-0.4, -0.2) is 48.7 Å². The number of nitrogens with zero attached hydrogens (tertiary/aromatic N) is 3. The molecule has 1 atom stereocenters. The highest BCUT2D eigenvalue weighted by Gasteiger charge is 2.25. The first-order valence-corrected chi connectivity index (χ1v) is 13.4. The molecule has 2 heterocycles. The van der Waals surface area contributed by atoms with Crippen molar-refractivity contribution >= 4 is 38.5 Å². The molecule has 0 saturated carbocycles. The Balaban J connectivity index is 1.18. The summed E-state index contributed by atoms with van der Waals surface area (Å²) < 4.78 is 19.6. The number of likely N-dealkylation sites (tertiary alicyclic amines) is 1. The molecule has 1 unspecified atom stereocenters. The summed E-state index contributed by atoms with van der Waals surface area (Å²) in [5.74, 6) is 0.799. The molecule has 1 fully saturated rings. The highest BCUT2D eigenvalue weighted by atomic mass is 32.1. The fourth-order valence-corrected chi connectivity index (χ4v) is 5.68. The second-order valence-corrected chi connectivity index (χ2v) is 10.9. The monoisotopic (exact) mass is 518 g/mol. The molecule has 0 aliphatic carbocycles. The lowest BCUT2D eigenvalue weighted by molar-refractivity contribution is 0.215. The van der Waals surface area contributed by atoms with Crippen LogP contribution in [-0.2, 0) is 0 Å². The van der Waals surface area contributed by atoms with Crippen LogP contribution in [0.3, 0.4) is 0 Å². The molecule has 0 bridgehead atoms. The van der Waals surface area contributed by atoms with Gasteiger partial charge in [-0.2, -0.15) is 0 Å². The van der Waals surface area contributed by atoms with Gasteiger partial charge in [0, 0.05) is 31.9 Å². The number of benzene rings is 3. The Morgan fingerprint density at radius 3 is 2.51 bits per heavy atom. The second kappa shape index (κ2) is 10.9. The molecule has 4 aromatic rings. The largest absolute Gasteiger partial charge is 0.417 e. The van der Waals surface area contributed by atoms with Crippen LogP contribution in [0.1, 0.15) is 20.3 Å². The van der Waals surface area contributed by atoms with E-state index in [2.05, 4.69) is 36.0 Å². The topological polar surface area (TPSA) is 57.7 Å². The van der Waals surface area contributed by atoms with Gasteiger partial charge >= 0.3 is 6.09 Å². The van der Waals surface area contributed by atoms with Crippen molar-refractivity contribution in [3.05, 3.63) is 72.5 Å². The number of ether oxygens (including phenoxy) is 1. The zero-order valence-electron chi connectivity index (χ0n) is 21.3. The molecule has 192 valence electrons. The standard InChI is InChI=1S/C29H31FN4O2S/c1-19(2)34-15-14-20(18-34)17-33(3)28-32-26-13-10-24(16-27(26)37-28)31-29(35)36-25-11-6-22(7-12-25)21-4-8-23(30)9-5-21/h4-13,16,19-20H,14-15,17-18H2,1-3H3,(H,31,35). The molecule has 3 aromatic carbocycles. The summed E-state index contributed by atoms with van der Waals surface area (Å²) in [7, 11) is 2.10. The van der Waals surface area contributed by atoms with E-state index in [0.717, 1.165) is 39.6 Å². The molecule has 0 radical (unpaired) electrons. The van der Waals surface area contributed by atoms with Crippen molar-refractivity contribution < 1.29 is 13.9 Å². The van der Waals surface area contributed by atoms with Gasteiger partial charge in [-0.1, -0.05) is 35.6 Å². The normalized spacial score (nSPS) is 15.9. The number of aromatic nitrogens is 1. The Labute approximate surface area is 220 Å². The molecule has 6 nitrogen and oxygen atoms in total. The van der Waals surface area contributed by atoms with Gasteiger partial charge in [0.15, 0.2) is 5.13 Å². The number of rotatable bonds is 7. The third-order valence-corrected chi connectivity index (χ3v) is 7.90. The number of nitrogens with one attached hydrogen (secondary N) is 1. The van der Waals surface area contributed by atoms with Gasteiger partial charge in [-0.05, 0) is 86.3 Å². The average molecular weight is 519 g/mol. The second-order valence-electron chi connectivity index (χ2n) is 9.85. The number of carbonyl (C=O) groups is 1. The first-order valence-electron chi connectivity index (χ1n) is 12.5. The maximum Gasteiger partial charge on any atom is 0.417 e. The summed E-state index contributed by atoms with van der Waals surface area (Å²) in [5, 5.41) is 3.79. The molecule has 0 spiro atoms. The van der Waals surface area contributed by atoms with E-state index in [1.54, 1.807) is 35.6 Å². The predicted octanol–water partition coefficient (Wildman–Crippen LogP) is 6.88. The number of hydrogen-bond acceptors (Lipinski definition) is 6. The highest BCUT2D eigenvalue weighted by Crippen LogP contribution is 2.32. The Morgan fingerprint density at radius 1 is 1.14 bits per heavy atom. The van der Waals surface area contributed by atoms with Gasteiger partial charge in [-0.3, -0.25) is 5.32 Å². The van der Waals surface area contributed by atoms with E-state index in [-0.39, 0.29) is 5.82 Å². The summed E-state index contributed by atoms with van der Waals surface area (Å²) in [6.45, 7) is 7.80. The summed E-state index contributed by atoms with van der Waals surface area (Å²) in [6, 6.07) is 19.7. The smallest absolute Gasteiger partial charge is 0.410 e. The van der Waals surface area contributed by atoms with E-state index in [4.69, 9.17) is 9.72 Å². The van der Waals surface area contributed by atoms with Gasteiger partial charge < -0.3 is 14.5 Å². The maximum atomic E-state index is 13.1. The van der Waals surface area contributed by atoms with Crippen LogP contribution in [0.15, 0.2) is 66.7 Å². The van der Waals surface area contributed by atoms with Crippen molar-refractivity contribution in [1.29, 1.82) is 0 Å². The summed E-state index contributed by atoms with van der Waals surface area (Å²) in [5.41, 5.74) is 3.37. The lowest BCUT2D eigenvalue weighted by atomic mass is 10.1. The maximum absolute atomic E-state index is 13.1. The predicted molar refractivity (Wildman–Crippen MR) is 149 cm³/mol. The van der Waals surface area contributed by atoms with E-state index in [1.165, 1.54) is 25.1 Å². The fourth-order valence-electron chi connectivity index (χ4n) is 4.71. The van der Waals surface area contributed by atoms with Gasteiger partial charge in [-0.15, -0.1) is 0 Å². The quantitative estimate of drug-likeness (QED) is 0.289. The van der Waals surface area contributed by atoms with Gasteiger partial charge in [0.25, 0.3) is 0 Å². The number of hydrogen-bond donors (Lipinski definition) is 1. The van der Waals surface area contributed by atoms with Crippen LogP contribution in [0.5, 0.6) is 5.75 Å². The molecule has 5 rings (SSSR count). The lowest BCUT2D eigenvalue weighted by Crippen LogP contribution is -2.31. The Kier molecular flexibility index (Phi) is 7.39. The van der Waals surface area contributed by atoms with Crippen molar-refractivity contribution in [3.63, 3.8) is 0 Å². The zero-order chi connectivity index (χ0) is 25.9. The molecule has 37 heavy (non-hydrogen) atoms. The fraction of sp³-hybridized carbons (Fsp3) is 0.310. The summed E-state index contributed by atoms with van der Waals surface area (Å²) in [4.78, 5) is 22.1. The minimum absolute atomic E-state index is 0.276.